The van der Waals surface area contributed by atoms with Gasteiger partial charge in [-0.2, -0.15) is 0 Å². The Labute approximate surface area is 107 Å². The molecule has 1 N–H and O–H groups in total. The Morgan fingerprint density at radius 1 is 1.50 bits per heavy atom. The average molecular weight is 246 g/mol. The van der Waals surface area contributed by atoms with Crippen LogP contribution in [0.15, 0.2) is 34.6 Å². The van der Waals surface area contributed by atoms with E-state index in [1.54, 1.807) is 6.92 Å². The molecule has 0 fully saturated rings. The zero-order valence-electron chi connectivity index (χ0n) is 11.0. The summed E-state index contributed by atoms with van der Waals surface area (Å²) in [6.45, 7) is 5.99. The number of aliphatic hydroxyl groups is 1. The van der Waals surface area contributed by atoms with E-state index >= 15 is 0 Å². The van der Waals surface area contributed by atoms with Crippen molar-refractivity contribution in [1.29, 1.82) is 0 Å². The van der Waals surface area contributed by atoms with Crippen LogP contribution >= 0.6 is 0 Å². The Hall–Kier alpha value is -1.35. The fraction of sp³-hybridized carbons (Fsp3) is 0.533. The van der Waals surface area contributed by atoms with Crippen LogP contribution in [0, 0.1) is 11.3 Å². The molecule has 0 amide bonds. The van der Waals surface area contributed by atoms with Gasteiger partial charge in [-0.25, -0.2) is 4.79 Å². The average Bonchev–Trinajstić information content (AvgIpc) is 2.60. The first-order valence-electron chi connectivity index (χ1n) is 6.50. The van der Waals surface area contributed by atoms with Crippen molar-refractivity contribution in [3.05, 3.63) is 34.6 Å². The molecule has 0 unspecified atom stereocenters. The monoisotopic (exact) mass is 246 g/mol. The molecular weight excluding hydrogens is 228 g/mol. The molecule has 96 valence electrons. The number of aliphatic hydroxyl groups excluding tert-OH is 1. The predicted molar refractivity (Wildman–Crippen MR) is 67.5 cm³/mol. The molecule has 3 heteroatoms. The Balaban J connectivity index is 2.22. The van der Waals surface area contributed by atoms with Crippen LogP contribution in [-0.4, -0.2) is 17.2 Å². The lowest BCUT2D eigenvalue weighted by molar-refractivity contribution is -0.133. The second-order valence-electron chi connectivity index (χ2n) is 5.76. The number of ether oxygens (including phenoxy) is 1. The molecule has 0 saturated heterocycles. The summed E-state index contributed by atoms with van der Waals surface area (Å²) in [5, 5.41) is 10.7. The van der Waals surface area contributed by atoms with Gasteiger partial charge >= 0.3 is 5.97 Å². The van der Waals surface area contributed by atoms with Gasteiger partial charge in [0.1, 0.15) is 5.76 Å². The maximum Gasteiger partial charge on any atom is 0.339 e. The Morgan fingerprint density at radius 3 is 2.94 bits per heavy atom. The lowest BCUT2D eigenvalue weighted by atomic mass is 9.60. The molecule has 18 heavy (non-hydrogen) atoms. The van der Waals surface area contributed by atoms with Crippen molar-refractivity contribution in [1.82, 2.24) is 0 Å². The lowest BCUT2D eigenvalue weighted by Gasteiger charge is -2.46. The zero-order valence-corrected chi connectivity index (χ0v) is 11.0. The van der Waals surface area contributed by atoms with Gasteiger partial charge in [-0.15, -0.1) is 0 Å². The van der Waals surface area contributed by atoms with E-state index < -0.39 is 6.10 Å². The van der Waals surface area contributed by atoms with E-state index in [1.807, 2.05) is 6.08 Å². The van der Waals surface area contributed by atoms with Gasteiger partial charge in [0.15, 0.2) is 0 Å². The first-order valence-corrected chi connectivity index (χ1v) is 6.50. The standard InChI is InChI=1S/C15H18O3/c1-8-5-4-6-10-7-11-12(9(2)14(17)18-11)13(16)15(8,10)3/h6-8,13,16H,4-5H2,1-3H3/t8-,13+,15+/m0/s1. The van der Waals surface area contributed by atoms with Crippen LogP contribution in [0.3, 0.4) is 0 Å². The summed E-state index contributed by atoms with van der Waals surface area (Å²) in [6.07, 6.45) is 5.54. The van der Waals surface area contributed by atoms with E-state index in [2.05, 4.69) is 19.9 Å². The van der Waals surface area contributed by atoms with Crippen molar-refractivity contribution in [3.8, 4) is 0 Å². The summed E-state index contributed by atoms with van der Waals surface area (Å²) in [5.74, 6) is 0.606. The van der Waals surface area contributed by atoms with Gasteiger partial charge in [-0.1, -0.05) is 19.9 Å². The molecule has 0 aromatic heterocycles. The molecular formula is C15H18O3. The van der Waals surface area contributed by atoms with Gasteiger partial charge in [0.2, 0.25) is 0 Å². The molecule has 0 radical (unpaired) electrons. The number of esters is 1. The summed E-state index contributed by atoms with van der Waals surface area (Å²) in [4.78, 5) is 11.6. The molecule has 0 spiro atoms. The summed E-state index contributed by atoms with van der Waals surface area (Å²) in [5.41, 5.74) is 2.04. The fourth-order valence-electron chi connectivity index (χ4n) is 3.35. The topological polar surface area (TPSA) is 46.5 Å². The van der Waals surface area contributed by atoms with Crippen LogP contribution in [0.4, 0.5) is 0 Å². The van der Waals surface area contributed by atoms with Crippen molar-refractivity contribution in [2.45, 2.75) is 39.7 Å². The number of hydrogen-bond donors (Lipinski definition) is 1. The molecule has 1 aliphatic heterocycles. The summed E-state index contributed by atoms with van der Waals surface area (Å²) >= 11 is 0. The normalized spacial score (nSPS) is 38.8. The van der Waals surface area contributed by atoms with Crippen LogP contribution in [0.25, 0.3) is 0 Å². The van der Waals surface area contributed by atoms with Gasteiger partial charge in [0, 0.05) is 16.6 Å². The second-order valence-corrected chi connectivity index (χ2v) is 5.76. The Kier molecular flexibility index (Phi) is 2.33. The molecule has 3 aliphatic rings. The minimum atomic E-state index is -0.648. The van der Waals surface area contributed by atoms with Crippen LogP contribution in [-0.2, 0) is 9.53 Å². The SMILES string of the molecule is CC1=C2C(=CC3=CCC[C@H](C)[C@@]3(C)[C@@H]2O)OC1=O. The van der Waals surface area contributed by atoms with Gasteiger partial charge < -0.3 is 9.84 Å². The maximum atomic E-state index is 11.6. The van der Waals surface area contributed by atoms with Crippen molar-refractivity contribution >= 4 is 5.97 Å². The lowest BCUT2D eigenvalue weighted by Crippen LogP contribution is -2.44. The highest BCUT2D eigenvalue weighted by molar-refractivity contribution is 5.94. The number of rotatable bonds is 0. The smallest absolute Gasteiger partial charge is 0.339 e. The van der Waals surface area contributed by atoms with Crippen molar-refractivity contribution < 1.29 is 14.6 Å². The maximum absolute atomic E-state index is 11.6. The number of carbonyl (C=O) groups is 1. The number of fused-ring (bicyclic) bond motifs is 2. The minimum Gasteiger partial charge on any atom is -0.423 e. The van der Waals surface area contributed by atoms with E-state index in [9.17, 15) is 9.90 Å². The Bertz CT molecular complexity index is 524. The molecule has 0 saturated carbocycles. The van der Waals surface area contributed by atoms with Crippen LogP contribution < -0.4 is 0 Å². The predicted octanol–water partition coefficient (Wildman–Crippen LogP) is 2.48. The molecule has 3 atom stereocenters. The molecule has 3 nitrogen and oxygen atoms in total. The molecule has 2 aliphatic carbocycles. The third kappa shape index (κ3) is 1.25. The number of allylic oxidation sites excluding steroid dienone is 2. The van der Waals surface area contributed by atoms with Crippen LogP contribution in [0.5, 0.6) is 0 Å². The first kappa shape index (κ1) is 11.7. The Morgan fingerprint density at radius 2 is 2.22 bits per heavy atom. The van der Waals surface area contributed by atoms with E-state index in [4.69, 9.17) is 4.74 Å². The van der Waals surface area contributed by atoms with E-state index in [-0.39, 0.29) is 11.4 Å². The number of carbonyl (C=O) groups excluding carboxylic acids is 1. The van der Waals surface area contributed by atoms with Crippen molar-refractivity contribution in [2.24, 2.45) is 11.3 Å². The largest absolute Gasteiger partial charge is 0.423 e. The molecule has 0 aromatic carbocycles. The third-order valence-corrected chi connectivity index (χ3v) is 4.92. The van der Waals surface area contributed by atoms with Gasteiger partial charge in [-0.3, -0.25) is 0 Å². The van der Waals surface area contributed by atoms with E-state index in [0.29, 0.717) is 22.8 Å². The quantitative estimate of drug-likeness (QED) is 0.668. The fourth-order valence-corrected chi connectivity index (χ4v) is 3.35. The molecule has 0 bridgehead atoms. The second kappa shape index (κ2) is 3.58. The third-order valence-electron chi connectivity index (χ3n) is 4.92. The zero-order chi connectivity index (χ0) is 13.1. The van der Waals surface area contributed by atoms with Crippen molar-refractivity contribution in [3.63, 3.8) is 0 Å². The minimum absolute atomic E-state index is 0.299. The highest BCUT2D eigenvalue weighted by Crippen LogP contribution is 2.53. The summed E-state index contributed by atoms with van der Waals surface area (Å²) < 4.78 is 5.22. The van der Waals surface area contributed by atoms with Crippen molar-refractivity contribution in [2.75, 3.05) is 0 Å². The first-order chi connectivity index (χ1) is 8.46. The number of hydrogen-bond acceptors (Lipinski definition) is 3. The van der Waals surface area contributed by atoms with E-state index in [1.165, 1.54) is 0 Å². The van der Waals surface area contributed by atoms with Crippen LogP contribution in [0.1, 0.15) is 33.6 Å². The summed E-state index contributed by atoms with van der Waals surface area (Å²) in [6, 6.07) is 0. The highest BCUT2D eigenvalue weighted by Gasteiger charge is 2.50. The van der Waals surface area contributed by atoms with E-state index in [0.717, 1.165) is 18.4 Å². The highest BCUT2D eigenvalue weighted by atomic mass is 16.5. The molecule has 1 heterocycles. The molecule has 0 aromatic rings. The summed E-state index contributed by atoms with van der Waals surface area (Å²) in [7, 11) is 0. The van der Waals surface area contributed by atoms with Gasteiger partial charge in [0.25, 0.3) is 0 Å². The van der Waals surface area contributed by atoms with Gasteiger partial charge in [0.05, 0.1) is 6.10 Å². The molecule has 3 rings (SSSR count). The van der Waals surface area contributed by atoms with Crippen LogP contribution in [0.2, 0.25) is 0 Å². The van der Waals surface area contributed by atoms with Gasteiger partial charge in [-0.05, 0) is 37.3 Å².